The zero-order chi connectivity index (χ0) is 18.5. The van der Waals surface area contributed by atoms with Gasteiger partial charge in [0.2, 0.25) is 5.91 Å². The Balaban J connectivity index is 1.59. The van der Waals surface area contributed by atoms with Gasteiger partial charge in [-0.2, -0.15) is 0 Å². The Morgan fingerprint density at radius 1 is 1.08 bits per heavy atom. The van der Waals surface area contributed by atoms with E-state index in [1.165, 1.54) is 6.07 Å². The van der Waals surface area contributed by atoms with Gasteiger partial charge in [0.05, 0.1) is 5.92 Å². The van der Waals surface area contributed by atoms with E-state index in [-0.39, 0.29) is 23.7 Å². The first-order chi connectivity index (χ1) is 12.5. The summed E-state index contributed by atoms with van der Waals surface area (Å²) in [6, 6.07) is 13.6. The van der Waals surface area contributed by atoms with Crippen LogP contribution in [-0.2, 0) is 4.79 Å². The molecule has 0 bridgehead atoms. The Morgan fingerprint density at radius 3 is 2.58 bits per heavy atom. The third-order valence-electron chi connectivity index (χ3n) is 4.54. The minimum Gasteiger partial charge on any atom is -0.326 e. The number of likely N-dealkylation sites (tertiary alicyclic amines) is 1. The topological polar surface area (TPSA) is 61.4 Å². The van der Waals surface area contributed by atoms with E-state index in [0.29, 0.717) is 30.8 Å². The number of rotatable bonds is 3. The van der Waals surface area contributed by atoms with Crippen molar-refractivity contribution >= 4 is 23.3 Å². The van der Waals surface area contributed by atoms with Crippen LogP contribution >= 0.6 is 0 Å². The summed E-state index contributed by atoms with van der Waals surface area (Å²) in [4.78, 5) is 26.6. The lowest BCUT2D eigenvalue weighted by molar-refractivity contribution is -0.121. The van der Waals surface area contributed by atoms with E-state index < -0.39 is 0 Å². The van der Waals surface area contributed by atoms with E-state index in [1.807, 2.05) is 30.3 Å². The Bertz CT molecular complexity index is 795. The highest BCUT2D eigenvalue weighted by atomic mass is 19.1. The molecule has 3 rings (SSSR count). The Morgan fingerprint density at radius 2 is 1.85 bits per heavy atom. The number of urea groups is 1. The van der Waals surface area contributed by atoms with Crippen molar-refractivity contribution in [1.82, 2.24) is 4.90 Å². The maximum absolute atomic E-state index is 13.6. The molecule has 1 fully saturated rings. The number of hydrogen-bond acceptors (Lipinski definition) is 2. The van der Waals surface area contributed by atoms with Crippen LogP contribution < -0.4 is 10.6 Å². The molecule has 1 aliphatic rings. The highest BCUT2D eigenvalue weighted by Gasteiger charge is 2.28. The van der Waals surface area contributed by atoms with Crippen LogP contribution in [0.4, 0.5) is 20.6 Å². The zero-order valence-electron chi connectivity index (χ0n) is 14.7. The lowest BCUT2D eigenvalue weighted by Crippen LogP contribution is -2.45. The van der Waals surface area contributed by atoms with Gasteiger partial charge in [0.25, 0.3) is 0 Å². The van der Waals surface area contributed by atoms with Crippen molar-refractivity contribution < 1.29 is 14.0 Å². The fourth-order valence-corrected chi connectivity index (χ4v) is 3.01. The second-order valence-corrected chi connectivity index (χ2v) is 6.53. The molecule has 1 unspecified atom stereocenters. The highest BCUT2D eigenvalue weighted by Crippen LogP contribution is 2.21. The molecule has 6 heteroatoms. The Kier molecular flexibility index (Phi) is 5.51. The standard InChI is InChI=1S/C20H22FN3O2/c1-14-9-10-17(12-18(14)21)22-19(25)15-6-5-11-24(13-15)20(26)23-16-7-3-2-4-8-16/h2-4,7-10,12,15H,5-6,11,13H2,1H3,(H,22,25)(H,23,26). The number of anilines is 2. The molecule has 0 spiro atoms. The van der Waals surface area contributed by atoms with Gasteiger partial charge in [0, 0.05) is 24.5 Å². The second-order valence-electron chi connectivity index (χ2n) is 6.53. The molecule has 0 aliphatic carbocycles. The molecule has 2 aromatic rings. The number of nitrogens with one attached hydrogen (secondary N) is 2. The van der Waals surface area contributed by atoms with Crippen molar-refractivity contribution in [3.63, 3.8) is 0 Å². The number of hydrogen-bond donors (Lipinski definition) is 2. The van der Waals surface area contributed by atoms with Crippen LogP contribution in [-0.4, -0.2) is 29.9 Å². The van der Waals surface area contributed by atoms with Gasteiger partial charge in [0.1, 0.15) is 5.82 Å². The predicted molar refractivity (Wildman–Crippen MR) is 99.5 cm³/mol. The van der Waals surface area contributed by atoms with Gasteiger partial charge in [0.15, 0.2) is 0 Å². The van der Waals surface area contributed by atoms with Crippen LogP contribution in [0.25, 0.3) is 0 Å². The first kappa shape index (κ1) is 17.9. The first-order valence-electron chi connectivity index (χ1n) is 8.71. The van der Waals surface area contributed by atoms with E-state index in [1.54, 1.807) is 24.0 Å². The molecule has 5 nitrogen and oxygen atoms in total. The van der Waals surface area contributed by atoms with Crippen LogP contribution in [0.2, 0.25) is 0 Å². The summed E-state index contributed by atoms with van der Waals surface area (Å²) in [6.07, 6.45) is 1.46. The fourth-order valence-electron chi connectivity index (χ4n) is 3.01. The molecule has 0 aromatic heterocycles. The number of piperidine rings is 1. The first-order valence-corrected chi connectivity index (χ1v) is 8.71. The van der Waals surface area contributed by atoms with E-state index in [4.69, 9.17) is 0 Å². The van der Waals surface area contributed by atoms with Crippen molar-refractivity contribution in [2.24, 2.45) is 5.92 Å². The molecular formula is C20H22FN3O2. The van der Waals surface area contributed by atoms with E-state index in [0.717, 1.165) is 12.1 Å². The Hall–Kier alpha value is -2.89. The summed E-state index contributed by atoms with van der Waals surface area (Å²) >= 11 is 0. The van der Waals surface area contributed by atoms with Crippen molar-refractivity contribution in [2.75, 3.05) is 23.7 Å². The minimum atomic E-state index is -0.352. The van der Waals surface area contributed by atoms with Crippen LogP contribution in [0.5, 0.6) is 0 Å². The highest BCUT2D eigenvalue weighted by molar-refractivity contribution is 5.94. The van der Waals surface area contributed by atoms with Gasteiger partial charge in [-0.25, -0.2) is 9.18 Å². The quantitative estimate of drug-likeness (QED) is 0.874. The average molecular weight is 355 g/mol. The molecule has 0 radical (unpaired) electrons. The number of carbonyl (C=O) groups excluding carboxylic acids is 2. The summed E-state index contributed by atoms with van der Waals surface area (Å²) in [6.45, 7) is 2.63. The molecule has 1 saturated heterocycles. The van der Waals surface area contributed by atoms with Crippen molar-refractivity contribution in [1.29, 1.82) is 0 Å². The minimum absolute atomic E-state index is 0.189. The van der Waals surface area contributed by atoms with Crippen LogP contribution in [0.1, 0.15) is 18.4 Å². The van der Waals surface area contributed by atoms with Crippen LogP contribution in [0.15, 0.2) is 48.5 Å². The molecule has 2 N–H and O–H groups in total. The second kappa shape index (κ2) is 7.99. The number of aryl methyl sites for hydroxylation is 1. The van der Waals surface area contributed by atoms with Crippen LogP contribution in [0, 0.1) is 18.7 Å². The summed E-state index contributed by atoms with van der Waals surface area (Å²) in [5, 5.41) is 5.59. The van der Waals surface area contributed by atoms with Gasteiger partial charge >= 0.3 is 6.03 Å². The maximum Gasteiger partial charge on any atom is 0.321 e. The van der Waals surface area contributed by atoms with E-state index in [2.05, 4.69) is 10.6 Å². The molecule has 3 amide bonds. The largest absolute Gasteiger partial charge is 0.326 e. The number of halogens is 1. The van der Waals surface area contributed by atoms with Gasteiger partial charge in [-0.05, 0) is 49.6 Å². The molecule has 1 heterocycles. The number of nitrogens with zero attached hydrogens (tertiary/aromatic N) is 1. The normalized spacial score (nSPS) is 16.8. The predicted octanol–water partition coefficient (Wildman–Crippen LogP) is 4.02. The average Bonchev–Trinajstić information content (AvgIpc) is 2.65. The fraction of sp³-hybridized carbons (Fsp3) is 0.300. The van der Waals surface area contributed by atoms with Gasteiger partial charge < -0.3 is 15.5 Å². The molecule has 136 valence electrons. The number of carbonyl (C=O) groups is 2. The number of para-hydroxylation sites is 1. The number of benzene rings is 2. The van der Waals surface area contributed by atoms with Crippen molar-refractivity contribution in [3.8, 4) is 0 Å². The van der Waals surface area contributed by atoms with Gasteiger partial charge in [-0.3, -0.25) is 4.79 Å². The summed E-state index contributed by atoms with van der Waals surface area (Å²) in [5.74, 6) is -0.851. The summed E-state index contributed by atoms with van der Waals surface area (Å²) in [7, 11) is 0. The van der Waals surface area contributed by atoms with E-state index in [9.17, 15) is 14.0 Å². The van der Waals surface area contributed by atoms with E-state index >= 15 is 0 Å². The summed E-state index contributed by atoms with van der Waals surface area (Å²) in [5.41, 5.74) is 1.69. The lowest BCUT2D eigenvalue weighted by Gasteiger charge is -2.32. The van der Waals surface area contributed by atoms with Gasteiger partial charge in [-0.1, -0.05) is 24.3 Å². The van der Waals surface area contributed by atoms with Crippen molar-refractivity contribution in [3.05, 3.63) is 59.9 Å². The zero-order valence-corrected chi connectivity index (χ0v) is 14.7. The van der Waals surface area contributed by atoms with Gasteiger partial charge in [-0.15, -0.1) is 0 Å². The molecule has 2 aromatic carbocycles. The molecule has 1 atom stereocenters. The third-order valence-corrected chi connectivity index (χ3v) is 4.54. The van der Waals surface area contributed by atoms with Crippen LogP contribution in [0.3, 0.4) is 0 Å². The number of amides is 3. The lowest BCUT2D eigenvalue weighted by atomic mass is 9.97. The monoisotopic (exact) mass is 355 g/mol. The molecule has 1 aliphatic heterocycles. The third kappa shape index (κ3) is 4.39. The molecular weight excluding hydrogens is 333 g/mol. The molecule has 26 heavy (non-hydrogen) atoms. The Labute approximate surface area is 152 Å². The SMILES string of the molecule is Cc1ccc(NC(=O)C2CCCN(C(=O)Nc3ccccc3)C2)cc1F. The maximum atomic E-state index is 13.6. The van der Waals surface area contributed by atoms with Crippen molar-refractivity contribution in [2.45, 2.75) is 19.8 Å². The smallest absolute Gasteiger partial charge is 0.321 e. The molecule has 0 saturated carbocycles. The summed E-state index contributed by atoms with van der Waals surface area (Å²) < 4.78 is 13.6.